The molecular formula is C15H22N4O. The van der Waals surface area contributed by atoms with Gasteiger partial charge in [-0.15, -0.1) is 13.2 Å². The molecule has 0 aromatic rings. The number of likely N-dealkylation sites (N-methyl/N-ethyl adjacent to an activating group) is 1. The molecule has 1 aliphatic rings. The van der Waals surface area contributed by atoms with Gasteiger partial charge in [0.2, 0.25) is 0 Å². The maximum absolute atomic E-state index is 12.3. The molecule has 0 saturated carbocycles. The van der Waals surface area contributed by atoms with E-state index in [9.17, 15) is 10.1 Å². The van der Waals surface area contributed by atoms with Crippen LogP contribution in [0.15, 0.2) is 37.1 Å². The number of nitrogens with zero attached hydrogens (tertiary/aromatic N) is 4. The molecule has 1 amide bonds. The highest BCUT2D eigenvalue weighted by Crippen LogP contribution is 2.07. The smallest absolute Gasteiger partial charge is 0.266 e. The van der Waals surface area contributed by atoms with Gasteiger partial charge in [-0.1, -0.05) is 12.2 Å². The molecule has 108 valence electrons. The Bertz CT molecular complexity index is 418. The minimum Gasteiger partial charge on any atom is -0.369 e. The second-order valence-electron chi connectivity index (χ2n) is 4.78. The molecule has 1 rings (SSSR count). The van der Waals surface area contributed by atoms with Gasteiger partial charge in [-0.05, 0) is 7.05 Å². The second kappa shape index (κ2) is 8.18. The van der Waals surface area contributed by atoms with Crippen molar-refractivity contribution in [2.45, 2.75) is 0 Å². The van der Waals surface area contributed by atoms with E-state index < -0.39 is 0 Å². The number of amides is 1. The van der Waals surface area contributed by atoms with Crippen molar-refractivity contribution in [3.63, 3.8) is 0 Å². The first-order valence-electron chi connectivity index (χ1n) is 6.68. The molecule has 1 heterocycles. The van der Waals surface area contributed by atoms with Crippen molar-refractivity contribution in [3.05, 3.63) is 37.1 Å². The van der Waals surface area contributed by atoms with E-state index in [0.29, 0.717) is 26.2 Å². The monoisotopic (exact) mass is 274 g/mol. The van der Waals surface area contributed by atoms with E-state index in [-0.39, 0.29) is 11.5 Å². The van der Waals surface area contributed by atoms with Crippen LogP contribution >= 0.6 is 0 Å². The van der Waals surface area contributed by atoms with Crippen molar-refractivity contribution in [1.82, 2.24) is 14.7 Å². The maximum atomic E-state index is 12.3. The summed E-state index contributed by atoms with van der Waals surface area (Å²) in [5, 5.41) is 9.21. The molecule has 0 atom stereocenters. The number of carbonyl (C=O) groups is 1. The van der Waals surface area contributed by atoms with Crippen LogP contribution in [0.1, 0.15) is 0 Å². The third kappa shape index (κ3) is 4.56. The summed E-state index contributed by atoms with van der Waals surface area (Å²) in [5.74, 6) is -0.196. The number of hydrogen-bond acceptors (Lipinski definition) is 4. The molecule has 0 unspecified atom stereocenters. The molecule has 1 saturated heterocycles. The lowest BCUT2D eigenvalue weighted by atomic mass is 10.2. The molecule has 5 nitrogen and oxygen atoms in total. The van der Waals surface area contributed by atoms with Crippen molar-refractivity contribution < 1.29 is 4.79 Å². The molecular weight excluding hydrogens is 252 g/mol. The average Bonchev–Trinajstić information content (AvgIpc) is 2.45. The van der Waals surface area contributed by atoms with Gasteiger partial charge < -0.3 is 14.7 Å². The van der Waals surface area contributed by atoms with Gasteiger partial charge in [-0.25, -0.2) is 0 Å². The Morgan fingerprint density at radius 1 is 1.25 bits per heavy atom. The highest BCUT2D eigenvalue weighted by molar-refractivity contribution is 5.97. The summed E-state index contributed by atoms with van der Waals surface area (Å²) in [4.78, 5) is 18.1. The van der Waals surface area contributed by atoms with Crippen LogP contribution in [0.4, 0.5) is 0 Å². The molecule has 0 N–H and O–H groups in total. The molecule has 1 aliphatic heterocycles. The molecule has 0 aromatic heterocycles. The zero-order valence-electron chi connectivity index (χ0n) is 12.1. The third-order valence-corrected chi connectivity index (χ3v) is 3.18. The van der Waals surface area contributed by atoms with Gasteiger partial charge in [0, 0.05) is 45.5 Å². The Morgan fingerprint density at radius 2 is 1.80 bits per heavy atom. The minimum atomic E-state index is -0.196. The van der Waals surface area contributed by atoms with E-state index in [1.807, 2.05) is 18.0 Å². The fourth-order valence-electron chi connectivity index (χ4n) is 2.01. The Morgan fingerprint density at radius 3 is 2.25 bits per heavy atom. The number of nitriles is 1. The quantitative estimate of drug-likeness (QED) is 0.409. The van der Waals surface area contributed by atoms with Gasteiger partial charge in [0.1, 0.15) is 11.6 Å². The zero-order valence-corrected chi connectivity index (χ0v) is 12.1. The SMILES string of the molecule is C=CCN(/C=C(/C#N)C(=O)N1CCN(C)CC1)CC=C. The zero-order chi connectivity index (χ0) is 15.0. The topological polar surface area (TPSA) is 50.6 Å². The van der Waals surface area contributed by atoms with Crippen molar-refractivity contribution in [2.75, 3.05) is 46.3 Å². The predicted molar refractivity (Wildman–Crippen MR) is 79.7 cm³/mol. The Labute approximate surface area is 121 Å². The summed E-state index contributed by atoms with van der Waals surface area (Å²) < 4.78 is 0. The molecule has 0 aromatic carbocycles. The second-order valence-corrected chi connectivity index (χ2v) is 4.78. The van der Waals surface area contributed by atoms with Gasteiger partial charge in [0.15, 0.2) is 0 Å². The first kappa shape index (κ1) is 16.0. The number of piperazine rings is 1. The van der Waals surface area contributed by atoms with Crippen molar-refractivity contribution in [2.24, 2.45) is 0 Å². The summed E-state index contributed by atoms with van der Waals surface area (Å²) in [5.41, 5.74) is 0.165. The van der Waals surface area contributed by atoms with Crippen molar-refractivity contribution in [3.8, 4) is 6.07 Å². The van der Waals surface area contributed by atoms with Crippen LogP contribution in [-0.2, 0) is 4.79 Å². The highest BCUT2D eigenvalue weighted by Gasteiger charge is 2.22. The van der Waals surface area contributed by atoms with Gasteiger partial charge in [-0.2, -0.15) is 5.26 Å². The lowest BCUT2D eigenvalue weighted by molar-refractivity contribution is -0.128. The lowest BCUT2D eigenvalue weighted by Gasteiger charge is -2.32. The van der Waals surface area contributed by atoms with Gasteiger partial charge in [0.25, 0.3) is 5.91 Å². The van der Waals surface area contributed by atoms with Gasteiger partial charge in [-0.3, -0.25) is 4.79 Å². The van der Waals surface area contributed by atoms with Crippen LogP contribution in [0.25, 0.3) is 0 Å². The molecule has 0 bridgehead atoms. The largest absolute Gasteiger partial charge is 0.369 e. The summed E-state index contributed by atoms with van der Waals surface area (Å²) in [6, 6.07) is 2.00. The Balaban J connectivity index is 2.77. The average molecular weight is 274 g/mol. The van der Waals surface area contributed by atoms with Gasteiger partial charge >= 0.3 is 0 Å². The lowest BCUT2D eigenvalue weighted by Crippen LogP contribution is -2.47. The molecule has 0 radical (unpaired) electrons. The van der Waals surface area contributed by atoms with Crippen LogP contribution < -0.4 is 0 Å². The first-order valence-corrected chi connectivity index (χ1v) is 6.68. The summed E-state index contributed by atoms with van der Waals surface area (Å²) in [7, 11) is 2.03. The molecule has 1 fully saturated rings. The maximum Gasteiger partial charge on any atom is 0.266 e. The van der Waals surface area contributed by atoms with Gasteiger partial charge in [0.05, 0.1) is 0 Å². The predicted octanol–water partition coefficient (Wildman–Crippen LogP) is 0.842. The molecule has 20 heavy (non-hydrogen) atoms. The fourth-order valence-corrected chi connectivity index (χ4v) is 2.01. The fraction of sp³-hybridized carbons (Fsp3) is 0.467. The van der Waals surface area contributed by atoms with Crippen molar-refractivity contribution >= 4 is 5.91 Å². The third-order valence-electron chi connectivity index (χ3n) is 3.18. The van der Waals surface area contributed by atoms with Crippen LogP contribution in [-0.4, -0.2) is 66.9 Å². The Kier molecular flexibility index (Phi) is 6.54. The normalized spacial score (nSPS) is 16.4. The van der Waals surface area contributed by atoms with Crippen LogP contribution in [0.2, 0.25) is 0 Å². The molecule has 0 spiro atoms. The van der Waals surface area contributed by atoms with E-state index in [0.717, 1.165) is 13.1 Å². The number of rotatable bonds is 6. The number of carbonyl (C=O) groups excluding carboxylic acids is 1. The Hall–Kier alpha value is -2.06. The number of hydrogen-bond donors (Lipinski definition) is 0. The first-order chi connectivity index (χ1) is 9.62. The summed E-state index contributed by atoms with van der Waals surface area (Å²) >= 11 is 0. The van der Waals surface area contributed by atoms with E-state index in [1.165, 1.54) is 0 Å². The molecule has 5 heteroatoms. The van der Waals surface area contributed by atoms with E-state index in [2.05, 4.69) is 18.1 Å². The van der Waals surface area contributed by atoms with E-state index >= 15 is 0 Å². The summed E-state index contributed by atoms with van der Waals surface area (Å²) in [6.07, 6.45) is 5.06. The standard InChI is InChI=1S/C15H22N4O/c1-4-6-18(7-5-2)13-14(12-16)15(20)19-10-8-17(3)9-11-19/h4-5,13H,1-2,6-11H2,3H3/b14-13-. The van der Waals surface area contributed by atoms with E-state index in [1.54, 1.807) is 23.3 Å². The van der Waals surface area contributed by atoms with Crippen LogP contribution in [0.5, 0.6) is 0 Å². The van der Waals surface area contributed by atoms with Crippen LogP contribution in [0, 0.1) is 11.3 Å². The minimum absolute atomic E-state index is 0.165. The molecule has 0 aliphatic carbocycles. The van der Waals surface area contributed by atoms with E-state index in [4.69, 9.17) is 0 Å². The van der Waals surface area contributed by atoms with Crippen molar-refractivity contribution in [1.29, 1.82) is 5.26 Å². The summed E-state index contributed by atoms with van der Waals surface area (Å²) in [6.45, 7) is 11.5. The highest BCUT2D eigenvalue weighted by atomic mass is 16.2. The van der Waals surface area contributed by atoms with Crippen LogP contribution in [0.3, 0.4) is 0 Å².